The Hall–Kier alpha value is -0.900. The standard InChI is InChI=1S/C3H7N3O/c1-2-5-3(7)6-4/h2H,4H2,1H3,(H,6,7). The van der Waals surface area contributed by atoms with E-state index in [-0.39, 0.29) is 0 Å². The molecule has 0 aromatic heterocycles. The highest BCUT2D eigenvalue weighted by Crippen LogP contribution is 1.63. The van der Waals surface area contributed by atoms with Crippen LogP contribution in [0.4, 0.5) is 4.79 Å². The molecule has 0 aromatic rings. The first-order chi connectivity index (χ1) is 3.31. The van der Waals surface area contributed by atoms with Crippen molar-refractivity contribution in [1.29, 1.82) is 0 Å². The molecule has 0 aromatic carbocycles. The second kappa shape index (κ2) is 3.30. The van der Waals surface area contributed by atoms with Gasteiger partial charge in [0.2, 0.25) is 0 Å². The van der Waals surface area contributed by atoms with Crippen molar-refractivity contribution in [3.63, 3.8) is 0 Å². The van der Waals surface area contributed by atoms with E-state index < -0.39 is 6.03 Å². The van der Waals surface area contributed by atoms with Crippen LogP contribution < -0.4 is 11.3 Å². The number of nitrogens with zero attached hydrogens (tertiary/aromatic N) is 1. The molecule has 3 N–H and O–H groups in total. The number of carbonyl (C=O) groups excluding carboxylic acids is 1. The first kappa shape index (κ1) is 6.10. The molecule has 0 bridgehead atoms. The van der Waals surface area contributed by atoms with Gasteiger partial charge in [-0.05, 0) is 6.92 Å². The van der Waals surface area contributed by atoms with E-state index in [1.54, 1.807) is 6.92 Å². The van der Waals surface area contributed by atoms with Crippen LogP contribution in [0.2, 0.25) is 0 Å². The first-order valence-electron chi connectivity index (χ1n) is 1.80. The van der Waals surface area contributed by atoms with E-state index in [0.29, 0.717) is 0 Å². The third kappa shape index (κ3) is 2.92. The Kier molecular flexibility index (Phi) is 2.87. The molecule has 0 saturated heterocycles. The summed E-state index contributed by atoms with van der Waals surface area (Å²) >= 11 is 0. The number of nitrogens with two attached hydrogens (primary N) is 1. The summed E-state index contributed by atoms with van der Waals surface area (Å²) in [5, 5.41) is 0. The summed E-state index contributed by atoms with van der Waals surface area (Å²) in [7, 11) is 0. The minimum atomic E-state index is -0.525. The molecule has 0 heterocycles. The third-order valence-electron chi connectivity index (χ3n) is 0.370. The van der Waals surface area contributed by atoms with E-state index in [4.69, 9.17) is 0 Å². The molecule has 7 heavy (non-hydrogen) atoms. The van der Waals surface area contributed by atoms with Gasteiger partial charge in [0.1, 0.15) is 0 Å². The summed E-state index contributed by atoms with van der Waals surface area (Å²) in [4.78, 5) is 13.2. The highest BCUT2D eigenvalue weighted by Gasteiger charge is 1.83. The van der Waals surface area contributed by atoms with Gasteiger partial charge in [-0.3, -0.25) is 5.43 Å². The molecule has 0 saturated carbocycles. The first-order valence-corrected chi connectivity index (χ1v) is 1.80. The van der Waals surface area contributed by atoms with Gasteiger partial charge < -0.3 is 0 Å². The molecule has 0 aliphatic heterocycles. The smallest absolute Gasteiger partial charge is 0.274 e. The van der Waals surface area contributed by atoms with Crippen LogP contribution >= 0.6 is 0 Å². The monoisotopic (exact) mass is 101 g/mol. The summed E-state index contributed by atoms with van der Waals surface area (Å²) in [6, 6.07) is -0.525. The quantitative estimate of drug-likeness (QED) is 0.190. The number of hydrogen-bond acceptors (Lipinski definition) is 2. The molecule has 0 unspecified atom stereocenters. The molecule has 0 radical (unpaired) electrons. The number of carbonyl (C=O) groups is 1. The average molecular weight is 101 g/mol. The third-order valence-corrected chi connectivity index (χ3v) is 0.370. The van der Waals surface area contributed by atoms with Crippen LogP contribution in [-0.4, -0.2) is 12.2 Å². The van der Waals surface area contributed by atoms with Gasteiger partial charge in [0, 0.05) is 6.21 Å². The summed E-state index contributed by atoms with van der Waals surface area (Å²) < 4.78 is 0. The average Bonchev–Trinajstić information content (AvgIpc) is 1.68. The number of nitrogens with one attached hydrogen (secondary N) is 1. The zero-order chi connectivity index (χ0) is 5.70. The van der Waals surface area contributed by atoms with Crippen molar-refractivity contribution < 1.29 is 4.79 Å². The minimum Gasteiger partial charge on any atom is -0.274 e. The van der Waals surface area contributed by atoms with Gasteiger partial charge in [-0.2, -0.15) is 0 Å². The Balaban J connectivity index is 3.37. The van der Waals surface area contributed by atoms with Gasteiger partial charge >= 0.3 is 6.03 Å². The predicted molar refractivity (Wildman–Crippen MR) is 26.9 cm³/mol. The van der Waals surface area contributed by atoms with Crippen LogP contribution in [0.5, 0.6) is 0 Å². The summed E-state index contributed by atoms with van der Waals surface area (Å²) in [5.74, 6) is 4.64. The van der Waals surface area contributed by atoms with Gasteiger partial charge in [0.15, 0.2) is 0 Å². The Morgan fingerprint density at radius 1 is 2.00 bits per heavy atom. The van der Waals surface area contributed by atoms with Crippen LogP contribution in [0.25, 0.3) is 0 Å². The topological polar surface area (TPSA) is 67.5 Å². The Bertz CT molecular complexity index is 88.2. The molecule has 40 valence electrons. The highest BCUT2D eigenvalue weighted by atomic mass is 16.2. The van der Waals surface area contributed by atoms with E-state index in [9.17, 15) is 4.79 Å². The van der Waals surface area contributed by atoms with Crippen LogP contribution in [0.3, 0.4) is 0 Å². The van der Waals surface area contributed by atoms with Gasteiger partial charge in [-0.1, -0.05) is 0 Å². The van der Waals surface area contributed by atoms with Gasteiger partial charge in [0.25, 0.3) is 0 Å². The van der Waals surface area contributed by atoms with E-state index in [0.717, 1.165) is 0 Å². The van der Waals surface area contributed by atoms with Crippen molar-refractivity contribution in [2.45, 2.75) is 6.92 Å². The van der Waals surface area contributed by atoms with Crippen LogP contribution in [0.15, 0.2) is 4.99 Å². The van der Waals surface area contributed by atoms with E-state index >= 15 is 0 Å². The number of urea groups is 1. The summed E-state index contributed by atoms with van der Waals surface area (Å²) in [5.41, 5.74) is 1.83. The van der Waals surface area contributed by atoms with Crippen molar-refractivity contribution in [3.8, 4) is 0 Å². The van der Waals surface area contributed by atoms with E-state index in [1.165, 1.54) is 6.21 Å². The summed E-state index contributed by atoms with van der Waals surface area (Å²) in [6.07, 6.45) is 1.36. The molecule has 0 rings (SSSR count). The molecule has 0 atom stereocenters. The fourth-order valence-electron chi connectivity index (χ4n) is 0.155. The molecular formula is C3H7N3O. The molecule has 0 aliphatic carbocycles. The lowest BCUT2D eigenvalue weighted by Crippen LogP contribution is -2.26. The van der Waals surface area contributed by atoms with Gasteiger partial charge in [-0.15, -0.1) is 0 Å². The van der Waals surface area contributed by atoms with Crippen molar-refractivity contribution in [1.82, 2.24) is 5.43 Å². The highest BCUT2D eigenvalue weighted by molar-refractivity contribution is 5.82. The molecule has 0 aliphatic rings. The van der Waals surface area contributed by atoms with E-state index in [1.807, 2.05) is 5.43 Å². The normalized spacial score (nSPS) is 9.43. The zero-order valence-electron chi connectivity index (χ0n) is 4.01. The van der Waals surface area contributed by atoms with Crippen molar-refractivity contribution >= 4 is 12.2 Å². The maximum Gasteiger partial charge on any atom is 0.354 e. The van der Waals surface area contributed by atoms with E-state index in [2.05, 4.69) is 10.8 Å². The SMILES string of the molecule is CC=NC(=O)NN. The lowest BCUT2D eigenvalue weighted by molar-refractivity contribution is 0.249. The van der Waals surface area contributed by atoms with Gasteiger partial charge in [0.05, 0.1) is 0 Å². The van der Waals surface area contributed by atoms with Crippen LogP contribution in [0.1, 0.15) is 6.92 Å². The second-order valence-corrected chi connectivity index (χ2v) is 0.837. The van der Waals surface area contributed by atoms with Crippen molar-refractivity contribution in [2.75, 3.05) is 0 Å². The molecule has 4 nitrogen and oxygen atoms in total. The molecule has 0 spiro atoms. The number of amides is 2. The Labute approximate surface area is 41.4 Å². The Morgan fingerprint density at radius 2 is 2.57 bits per heavy atom. The number of hydrazine groups is 1. The van der Waals surface area contributed by atoms with Gasteiger partial charge in [-0.25, -0.2) is 15.6 Å². The number of aliphatic imine (C=N–C) groups is 1. The largest absolute Gasteiger partial charge is 0.354 e. The lowest BCUT2D eigenvalue weighted by atomic mass is 10.9. The fraction of sp³-hybridized carbons (Fsp3) is 0.333. The molecular weight excluding hydrogens is 94.1 g/mol. The van der Waals surface area contributed by atoms with Crippen molar-refractivity contribution in [2.24, 2.45) is 10.8 Å². The summed E-state index contributed by atoms with van der Waals surface area (Å²) in [6.45, 7) is 1.63. The maximum atomic E-state index is 9.98. The van der Waals surface area contributed by atoms with Crippen LogP contribution in [-0.2, 0) is 0 Å². The number of hydrogen-bond donors (Lipinski definition) is 2. The second-order valence-electron chi connectivity index (χ2n) is 0.837. The molecule has 0 fully saturated rings. The molecule has 2 amide bonds. The minimum absolute atomic E-state index is 0.525. The lowest BCUT2D eigenvalue weighted by Gasteiger charge is -1.84. The Morgan fingerprint density at radius 3 is 2.71 bits per heavy atom. The predicted octanol–water partition coefficient (Wildman–Crippen LogP) is -0.340. The van der Waals surface area contributed by atoms with Crippen LogP contribution in [0, 0.1) is 0 Å². The fourth-order valence-corrected chi connectivity index (χ4v) is 0.155. The number of rotatable bonds is 0. The molecule has 4 heteroatoms. The maximum absolute atomic E-state index is 9.98. The zero-order valence-corrected chi connectivity index (χ0v) is 4.01. The van der Waals surface area contributed by atoms with Crippen molar-refractivity contribution in [3.05, 3.63) is 0 Å².